The van der Waals surface area contributed by atoms with Crippen LogP contribution in [-0.4, -0.2) is 18.6 Å². The van der Waals surface area contributed by atoms with Crippen LogP contribution < -0.4 is 0 Å². The lowest BCUT2D eigenvalue weighted by atomic mass is 10.1. The van der Waals surface area contributed by atoms with Crippen molar-refractivity contribution < 1.29 is 0 Å². The van der Waals surface area contributed by atoms with Gasteiger partial charge in [0.25, 0.3) is 0 Å². The highest BCUT2D eigenvalue weighted by atomic mass is 35.5. The second kappa shape index (κ2) is 4.82. The van der Waals surface area contributed by atoms with Crippen LogP contribution in [0.2, 0.25) is 5.02 Å². The van der Waals surface area contributed by atoms with E-state index in [4.69, 9.17) is 11.6 Å². The summed E-state index contributed by atoms with van der Waals surface area (Å²) in [5, 5.41) is 4.86. The number of hydrogen-bond donors (Lipinski definition) is 0. The molecule has 3 nitrogen and oxygen atoms in total. The number of likely N-dealkylation sites (N-methyl/N-ethyl adjacent to an activating group) is 1. The predicted octanol–water partition coefficient (Wildman–Crippen LogP) is 2.50. The highest BCUT2D eigenvalue weighted by Gasteiger charge is 1.97. The fourth-order valence-corrected chi connectivity index (χ4v) is 1.24. The van der Waals surface area contributed by atoms with Gasteiger partial charge in [-0.2, -0.15) is 0 Å². The summed E-state index contributed by atoms with van der Waals surface area (Å²) in [6, 6.07) is 7.59. The predicted molar refractivity (Wildman–Crippen MR) is 53.6 cm³/mol. The summed E-state index contributed by atoms with van der Waals surface area (Å²) in [6.45, 7) is 0.615. The molecule has 1 aromatic carbocycles. The Morgan fingerprint density at radius 3 is 2.92 bits per heavy atom. The zero-order valence-corrected chi connectivity index (χ0v) is 8.16. The molecule has 1 rings (SSSR count). The fraction of sp³-hybridized carbons (Fsp3) is 0.333. The van der Waals surface area contributed by atoms with Crippen LogP contribution in [0.1, 0.15) is 5.56 Å². The van der Waals surface area contributed by atoms with Gasteiger partial charge in [-0.05, 0) is 24.1 Å². The minimum Gasteiger partial charge on any atom is -0.264 e. The molecule has 0 unspecified atom stereocenters. The summed E-state index contributed by atoms with van der Waals surface area (Å²) in [7, 11) is 1.65. The minimum absolute atomic E-state index is 0.615. The Hall–Kier alpha value is -1.09. The van der Waals surface area contributed by atoms with Crippen LogP contribution >= 0.6 is 11.6 Å². The first-order valence-electron chi connectivity index (χ1n) is 4.01. The molecule has 0 aliphatic heterocycles. The van der Waals surface area contributed by atoms with Crippen LogP contribution in [0, 0.1) is 4.91 Å². The van der Waals surface area contributed by atoms with E-state index < -0.39 is 0 Å². The molecule has 0 atom stereocenters. The number of hydrogen-bond acceptors (Lipinski definition) is 2. The molecule has 13 heavy (non-hydrogen) atoms. The zero-order valence-electron chi connectivity index (χ0n) is 7.40. The van der Waals surface area contributed by atoms with Gasteiger partial charge in [0.15, 0.2) is 0 Å². The van der Waals surface area contributed by atoms with Crippen LogP contribution in [0.3, 0.4) is 0 Å². The van der Waals surface area contributed by atoms with Crippen molar-refractivity contribution in [1.29, 1.82) is 0 Å². The molecule has 1 aromatic rings. The maximum absolute atomic E-state index is 10.0. The Morgan fingerprint density at radius 2 is 2.31 bits per heavy atom. The normalized spacial score (nSPS) is 9.69. The number of nitroso groups, excluding NO2 is 1. The molecule has 0 aliphatic rings. The van der Waals surface area contributed by atoms with Crippen molar-refractivity contribution in [3.05, 3.63) is 39.8 Å². The largest absolute Gasteiger partial charge is 0.264 e. The lowest BCUT2D eigenvalue weighted by molar-refractivity contribution is 0.354. The van der Waals surface area contributed by atoms with Gasteiger partial charge in [-0.25, -0.2) is 0 Å². The van der Waals surface area contributed by atoms with Gasteiger partial charge in [0.1, 0.15) is 0 Å². The molecule has 0 spiro atoms. The summed E-state index contributed by atoms with van der Waals surface area (Å²) < 4.78 is 0. The van der Waals surface area contributed by atoms with Gasteiger partial charge in [-0.3, -0.25) is 5.01 Å². The van der Waals surface area contributed by atoms with Gasteiger partial charge in [0, 0.05) is 18.6 Å². The summed E-state index contributed by atoms with van der Waals surface area (Å²) in [5.41, 5.74) is 1.11. The van der Waals surface area contributed by atoms with E-state index in [0.717, 1.165) is 17.0 Å². The summed E-state index contributed by atoms with van der Waals surface area (Å²) in [4.78, 5) is 10.0. The van der Waals surface area contributed by atoms with Crippen molar-refractivity contribution >= 4 is 11.6 Å². The molecule has 0 N–H and O–H groups in total. The van der Waals surface area contributed by atoms with E-state index in [0.29, 0.717) is 6.54 Å². The molecule has 0 amide bonds. The maximum Gasteiger partial charge on any atom is 0.0521 e. The van der Waals surface area contributed by atoms with Crippen molar-refractivity contribution in [2.75, 3.05) is 13.6 Å². The third-order valence-electron chi connectivity index (χ3n) is 1.75. The average Bonchev–Trinajstić information content (AvgIpc) is 2.14. The van der Waals surface area contributed by atoms with Gasteiger partial charge in [0.05, 0.1) is 5.29 Å². The van der Waals surface area contributed by atoms with E-state index in [1.807, 2.05) is 24.3 Å². The highest BCUT2D eigenvalue weighted by molar-refractivity contribution is 6.30. The zero-order chi connectivity index (χ0) is 9.68. The lowest BCUT2D eigenvalue weighted by Gasteiger charge is -2.07. The Labute approximate surface area is 82.3 Å². The first-order chi connectivity index (χ1) is 6.22. The number of halogens is 1. The van der Waals surface area contributed by atoms with Crippen molar-refractivity contribution in [1.82, 2.24) is 5.01 Å². The van der Waals surface area contributed by atoms with E-state index in [9.17, 15) is 4.91 Å². The molecule has 0 saturated heterocycles. The molecular weight excluding hydrogens is 188 g/mol. The number of benzene rings is 1. The van der Waals surface area contributed by atoms with Crippen LogP contribution in [0.5, 0.6) is 0 Å². The third-order valence-corrected chi connectivity index (χ3v) is 1.99. The quantitative estimate of drug-likeness (QED) is 0.550. The Bertz CT molecular complexity index is 291. The standard InChI is InChI=1S/C9H11ClN2O/c1-12(11-13)6-5-8-3-2-4-9(10)7-8/h2-4,7H,5-6H2,1H3. The topological polar surface area (TPSA) is 32.7 Å². The number of rotatable bonds is 4. The molecule has 0 heterocycles. The maximum atomic E-state index is 10.0. The molecule has 0 aliphatic carbocycles. The second-order valence-corrected chi connectivity index (χ2v) is 3.28. The molecule has 70 valence electrons. The Kier molecular flexibility index (Phi) is 3.71. The monoisotopic (exact) mass is 198 g/mol. The van der Waals surface area contributed by atoms with Gasteiger partial charge in [-0.15, -0.1) is 4.91 Å². The summed E-state index contributed by atoms with van der Waals surface area (Å²) >= 11 is 5.80. The minimum atomic E-state index is 0.615. The first kappa shape index (κ1) is 9.99. The van der Waals surface area contributed by atoms with E-state index in [1.54, 1.807) is 7.05 Å². The van der Waals surface area contributed by atoms with Crippen LogP contribution in [-0.2, 0) is 6.42 Å². The van der Waals surface area contributed by atoms with Crippen LogP contribution in [0.25, 0.3) is 0 Å². The molecule has 0 aromatic heterocycles. The number of nitrogens with zero attached hydrogens (tertiary/aromatic N) is 2. The van der Waals surface area contributed by atoms with E-state index >= 15 is 0 Å². The Morgan fingerprint density at radius 1 is 1.54 bits per heavy atom. The van der Waals surface area contributed by atoms with Crippen molar-refractivity contribution in [3.63, 3.8) is 0 Å². The van der Waals surface area contributed by atoms with E-state index in [2.05, 4.69) is 5.29 Å². The fourth-order valence-electron chi connectivity index (χ4n) is 1.02. The first-order valence-corrected chi connectivity index (χ1v) is 4.39. The lowest BCUT2D eigenvalue weighted by Crippen LogP contribution is -2.13. The average molecular weight is 199 g/mol. The van der Waals surface area contributed by atoms with E-state index in [-0.39, 0.29) is 0 Å². The molecule has 4 heteroatoms. The van der Waals surface area contributed by atoms with Gasteiger partial charge >= 0.3 is 0 Å². The van der Waals surface area contributed by atoms with Crippen LogP contribution in [0.15, 0.2) is 29.6 Å². The van der Waals surface area contributed by atoms with Crippen molar-refractivity contribution in [3.8, 4) is 0 Å². The van der Waals surface area contributed by atoms with Crippen molar-refractivity contribution in [2.45, 2.75) is 6.42 Å². The Balaban J connectivity index is 2.49. The molecule has 0 fully saturated rings. The molecule has 0 bridgehead atoms. The second-order valence-electron chi connectivity index (χ2n) is 2.84. The summed E-state index contributed by atoms with van der Waals surface area (Å²) in [6.07, 6.45) is 0.781. The van der Waals surface area contributed by atoms with Gasteiger partial charge in [0.2, 0.25) is 0 Å². The third kappa shape index (κ3) is 3.42. The van der Waals surface area contributed by atoms with Gasteiger partial charge in [-0.1, -0.05) is 23.7 Å². The molecule has 0 saturated carbocycles. The molecular formula is C9H11ClN2O. The van der Waals surface area contributed by atoms with Crippen LogP contribution in [0.4, 0.5) is 0 Å². The highest BCUT2D eigenvalue weighted by Crippen LogP contribution is 2.11. The molecule has 0 radical (unpaired) electrons. The van der Waals surface area contributed by atoms with Gasteiger partial charge < -0.3 is 0 Å². The SMILES string of the molecule is CN(CCc1cccc(Cl)c1)N=O. The summed E-state index contributed by atoms with van der Waals surface area (Å²) in [5.74, 6) is 0. The van der Waals surface area contributed by atoms with Crippen molar-refractivity contribution in [2.24, 2.45) is 5.29 Å². The smallest absolute Gasteiger partial charge is 0.0521 e. The van der Waals surface area contributed by atoms with E-state index in [1.165, 1.54) is 5.01 Å².